The summed E-state index contributed by atoms with van der Waals surface area (Å²) in [5.41, 5.74) is 5.34. The lowest BCUT2D eigenvalue weighted by Crippen LogP contribution is -1.91. The first kappa shape index (κ1) is 31.7. The van der Waals surface area contributed by atoms with Crippen LogP contribution in [0.15, 0.2) is 97.1 Å². The Morgan fingerprint density at radius 1 is 0.333 bits per heavy atom. The molecule has 0 amide bonds. The van der Waals surface area contributed by atoms with Crippen LogP contribution < -0.4 is 0 Å². The van der Waals surface area contributed by atoms with Gasteiger partial charge in [-0.1, -0.05) is 134 Å². The summed E-state index contributed by atoms with van der Waals surface area (Å²) in [6.07, 6.45) is 3.75. The average molecular weight is 523 g/mol. The number of rotatable bonds is 2. The maximum Gasteiger partial charge on any atom is 0.0491 e. The van der Waals surface area contributed by atoms with Crippen molar-refractivity contribution < 1.29 is 0 Å². The van der Waals surface area contributed by atoms with E-state index in [0.29, 0.717) is 0 Å². The van der Waals surface area contributed by atoms with Crippen LogP contribution in [0.5, 0.6) is 0 Å². The van der Waals surface area contributed by atoms with E-state index < -0.39 is 0 Å². The van der Waals surface area contributed by atoms with Crippen LogP contribution >= 0.6 is 0 Å². The molecule has 2 heteroatoms. The summed E-state index contributed by atoms with van der Waals surface area (Å²) in [6, 6.07) is 34.4. The molecule has 0 fully saturated rings. The Morgan fingerprint density at radius 2 is 0.513 bits per heavy atom. The molecule has 2 heterocycles. The van der Waals surface area contributed by atoms with Crippen LogP contribution in [-0.2, 0) is 13.1 Å². The first-order valence-corrected chi connectivity index (χ1v) is 15.0. The summed E-state index contributed by atoms with van der Waals surface area (Å²) in [6.45, 7) is 19.2. The van der Waals surface area contributed by atoms with Crippen molar-refractivity contribution in [1.29, 1.82) is 0 Å². The minimum absolute atomic E-state index is 1.02. The van der Waals surface area contributed by atoms with Gasteiger partial charge in [0.15, 0.2) is 0 Å². The first-order chi connectivity index (χ1) is 19.1. The fraction of sp³-hybridized carbons (Fsp3) is 0.351. The lowest BCUT2D eigenvalue weighted by Gasteiger charge is -2.01. The van der Waals surface area contributed by atoms with Gasteiger partial charge in [-0.25, -0.2) is 0 Å². The molecule has 0 saturated heterocycles. The number of aromatic nitrogens is 2. The van der Waals surface area contributed by atoms with Crippen molar-refractivity contribution in [2.75, 3.05) is 0 Å². The van der Waals surface area contributed by atoms with Crippen molar-refractivity contribution in [2.24, 2.45) is 0 Å². The minimum Gasteiger partial charge on any atom is -0.341 e. The van der Waals surface area contributed by atoms with Gasteiger partial charge in [0.05, 0.1) is 0 Å². The molecular weight excluding hydrogens is 472 g/mol. The quantitative estimate of drug-likeness (QED) is 0.214. The van der Waals surface area contributed by atoms with E-state index in [2.05, 4.69) is 162 Å². The fourth-order valence-electron chi connectivity index (χ4n) is 4.69. The third-order valence-electron chi connectivity index (χ3n) is 5.99. The predicted molar refractivity (Wildman–Crippen MR) is 178 cm³/mol. The van der Waals surface area contributed by atoms with Crippen molar-refractivity contribution in [2.45, 2.75) is 87.7 Å². The Kier molecular flexibility index (Phi) is 13.9. The number of aryl methyl sites for hydroxylation is 2. The van der Waals surface area contributed by atoms with Crippen LogP contribution in [0.3, 0.4) is 0 Å². The predicted octanol–water partition coefficient (Wildman–Crippen LogP) is 11.9. The van der Waals surface area contributed by atoms with E-state index in [9.17, 15) is 0 Å². The number of fused-ring (bicyclic) bond motifs is 6. The SMILES string of the molecule is CCC.CCC.CCC.CCn1c2ccccc2c2ccccc21.CCn1c2ccccc2c2ccccc21. The van der Waals surface area contributed by atoms with E-state index in [1.165, 1.54) is 62.9 Å². The zero-order chi connectivity index (χ0) is 28.6. The van der Waals surface area contributed by atoms with E-state index in [0.717, 1.165) is 13.1 Å². The highest BCUT2D eigenvalue weighted by molar-refractivity contribution is 6.08. The van der Waals surface area contributed by atoms with Gasteiger partial charge in [0.2, 0.25) is 0 Å². The van der Waals surface area contributed by atoms with Crippen LogP contribution in [0.1, 0.15) is 74.7 Å². The zero-order valence-electron chi connectivity index (χ0n) is 25.7. The molecule has 0 aliphatic rings. The highest BCUT2D eigenvalue weighted by atomic mass is 15.0. The van der Waals surface area contributed by atoms with Gasteiger partial charge in [-0.2, -0.15) is 0 Å². The molecule has 0 N–H and O–H groups in total. The Bertz CT molecular complexity index is 1290. The highest BCUT2D eigenvalue weighted by Crippen LogP contribution is 2.29. The maximum atomic E-state index is 2.37. The Balaban J connectivity index is 0.000000211. The summed E-state index contributed by atoms with van der Waals surface area (Å²) in [5.74, 6) is 0. The molecule has 0 radical (unpaired) electrons. The molecule has 0 aliphatic heterocycles. The van der Waals surface area contributed by atoms with Gasteiger partial charge in [0, 0.05) is 56.7 Å². The second-order valence-corrected chi connectivity index (χ2v) is 9.68. The van der Waals surface area contributed by atoms with Gasteiger partial charge < -0.3 is 9.13 Å². The van der Waals surface area contributed by atoms with Gasteiger partial charge in [0.25, 0.3) is 0 Å². The second-order valence-electron chi connectivity index (χ2n) is 9.68. The lowest BCUT2D eigenvalue weighted by atomic mass is 10.2. The normalized spacial score (nSPS) is 10.1. The summed E-state index contributed by atoms with van der Waals surface area (Å²) in [7, 11) is 0. The molecule has 0 atom stereocenters. The molecule has 0 spiro atoms. The summed E-state index contributed by atoms with van der Waals surface area (Å²) in [4.78, 5) is 0. The molecule has 39 heavy (non-hydrogen) atoms. The van der Waals surface area contributed by atoms with Crippen molar-refractivity contribution in [3.8, 4) is 0 Å². The molecule has 4 aromatic carbocycles. The van der Waals surface area contributed by atoms with E-state index >= 15 is 0 Å². The van der Waals surface area contributed by atoms with Gasteiger partial charge >= 0.3 is 0 Å². The molecule has 2 aromatic heterocycles. The van der Waals surface area contributed by atoms with E-state index in [1.807, 2.05) is 0 Å². The average Bonchev–Trinajstić information content (AvgIpc) is 3.47. The molecule has 0 unspecified atom stereocenters. The first-order valence-electron chi connectivity index (χ1n) is 15.0. The topological polar surface area (TPSA) is 9.86 Å². The number of nitrogens with zero attached hydrogens (tertiary/aromatic N) is 2. The largest absolute Gasteiger partial charge is 0.341 e. The van der Waals surface area contributed by atoms with E-state index in [1.54, 1.807) is 0 Å². The van der Waals surface area contributed by atoms with Gasteiger partial charge in [-0.3, -0.25) is 0 Å². The highest BCUT2D eigenvalue weighted by Gasteiger charge is 2.08. The van der Waals surface area contributed by atoms with E-state index in [-0.39, 0.29) is 0 Å². The van der Waals surface area contributed by atoms with Crippen molar-refractivity contribution in [3.05, 3.63) is 97.1 Å². The molecule has 2 nitrogen and oxygen atoms in total. The molecule has 0 bridgehead atoms. The number of benzene rings is 4. The third kappa shape index (κ3) is 7.76. The molecule has 0 saturated carbocycles. The van der Waals surface area contributed by atoms with Gasteiger partial charge in [-0.15, -0.1) is 0 Å². The standard InChI is InChI=1S/2C14H13N.3C3H8/c2*1-2-15-13-9-5-3-7-11(13)12-8-4-6-10-14(12)15;3*1-3-2/h2*3-10H,2H2,1H3;3*3H2,1-2H3. The van der Waals surface area contributed by atoms with Crippen LogP contribution in [0.2, 0.25) is 0 Å². The van der Waals surface area contributed by atoms with Gasteiger partial charge in [-0.05, 0) is 38.1 Å². The Hall–Kier alpha value is -3.52. The number of hydrogen-bond acceptors (Lipinski definition) is 0. The van der Waals surface area contributed by atoms with Crippen LogP contribution in [-0.4, -0.2) is 9.13 Å². The Morgan fingerprint density at radius 3 is 0.692 bits per heavy atom. The Labute approximate surface area is 237 Å². The summed E-state index contributed by atoms with van der Waals surface area (Å²) in [5, 5.41) is 5.43. The smallest absolute Gasteiger partial charge is 0.0491 e. The molecule has 208 valence electrons. The van der Waals surface area contributed by atoms with Gasteiger partial charge in [0.1, 0.15) is 0 Å². The molecule has 6 rings (SSSR count). The fourth-order valence-corrected chi connectivity index (χ4v) is 4.69. The summed E-state index contributed by atoms with van der Waals surface area (Å²) < 4.78 is 4.73. The van der Waals surface area contributed by atoms with E-state index in [4.69, 9.17) is 0 Å². The summed E-state index contributed by atoms with van der Waals surface area (Å²) >= 11 is 0. The van der Waals surface area contributed by atoms with Crippen LogP contribution in [0, 0.1) is 0 Å². The second kappa shape index (κ2) is 17.1. The number of hydrogen-bond donors (Lipinski definition) is 0. The zero-order valence-corrected chi connectivity index (χ0v) is 25.7. The van der Waals surface area contributed by atoms with Crippen molar-refractivity contribution >= 4 is 43.6 Å². The number of para-hydroxylation sites is 4. The van der Waals surface area contributed by atoms with Crippen molar-refractivity contribution in [1.82, 2.24) is 9.13 Å². The monoisotopic (exact) mass is 522 g/mol. The molecule has 0 aliphatic carbocycles. The minimum atomic E-state index is 1.02. The molecular formula is C37H50N2. The molecule has 6 aromatic rings. The van der Waals surface area contributed by atoms with Crippen LogP contribution in [0.25, 0.3) is 43.6 Å². The van der Waals surface area contributed by atoms with Crippen LogP contribution in [0.4, 0.5) is 0 Å². The lowest BCUT2D eigenvalue weighted by molar-refractivity contribution is 0.827. The maximum absolute atomic E-state index is 2.37. The third-order valence-corrected chi connectivity index (χ3v) is 5.99. The van der Waals surface area contributed by atoms with Crippen molar-refractivity contribution in [3.63, 3.8) is 0 Å².